The highest BCUT2D eigenvalue weighted by molar-refractivity contribution is 7.09. The Labute approximate surface area is 111 Å². The maximum absolute atomic E-state index is 10.5. The van der Waals surface area contributed by atoms with Gasteiger partial charge in [0.1, 0.15) is 5.75 Å². The molecule has 0 saturated carbocycles. The van der Waals surface area contributed by atoms with E-state index in [1.54, 1.807) is 18.4 Å². The van der Waals surface area contributed by atoms with Crippen LogP contribution in [0.15, 0.2) is 29.6 Å². The summed E-state index contributed by atoms with van der Waals surface area (Å²) in [7, 11) is 1.63. The van der Waals surface area contributed by atoms with E-state index < -0.39 is 5.60 Å². The molecular formula is C14H17NO2S. The van der Waals surface area contributed by atoms with Crippen LogP contribution in [0.1, 0.15) is 23.2 Å². The number of aliphatic hydroxyl groups is 1. The molecule has 2 rings (SSSR count). The van der Waals surface area contributed by atoms with Crippen molar-refractivity contribution >= 4 is 11.3 Å². The molecule has 0 fully saturated rings. The van der Waals surface area contributed by atoms with Gasteiger partial charge >= 0.3 is 0 Å². The molecule has 1 unspecified atom stereocenters. The first-order valence-electron chi connectivity index (χ1n) is 5.79. The highest BCUT2D eigenvalue weighted by atomic mass is 32.1. The van der Waals surface area contributed by atoms with E-state index in [1.807, 2.05) is 43.5 Å². The van der Waals surface area contributed by atoms with Crippen molar-refractivity contribution in [3.63, 3.8) is 0 Å². The molecule has 0 bridgehead atoms. The van der Waals surface area contributed by atoms with Crippen molar-refractivity contribution in [2.45, 2.75) is 25.9 Å². The molecule has 3 nitrogen and oxygen atoms in total. The van der Waals surface area contributed by atoms with Crippen molar-refractivity contribution in [2.24, 2.45) is 0 Å². The number of hydrogen-bond acceptors (Lipinski definition) is 4. The normalized spacial score (nSPS) is 14.2. The largest absolute Gasteiger partial charge is 0.497 e. The minimum atomic E-state index is -0.906. The Kier molecular flexibility index (Phi) is 3.68. The van der Waals surface area contributed by atoms with Crippen LogP contribution >= 0.6 is 11.3 Å². The predicted molar refractivity (Wildman–Crippen MR) is 73.1 cm³/mol. The molecule has 0 aliphatic heterocycles. The standard InChI is InChI=1S/C14H17NO2S/c1-10-9-18-13(15-10)8-14(2,16)11-4-6-12(17-3)7-5-11/h4-7,9,16H,8H2,1-3H3. The van der Waals surface area contributed by atoms with Crippen LogP contribution in [0.4, 0.5) is 0 Å². The first-order chi connectivity index (χ1) is 8.51. The lowest BCUT2D eigenvalue weighted by atomic mass is 9.93. The quantitative estimate of drug-likeness (QED) is 0.922. The Morgan fingerprint density at radius 1 is 1.33 bits per heavy atom. The lowest BCUT2D eigenvalue weighted by Gasteiger charge is -2.22. The zero-order chi connectivity index (χ0) is 13.2. The minimum Gasteiger partial charge on any atom is -0.497 e. The third kappa shape index (κ3) is 2.89. The molecular weight excluding hydrogens is 246 g/mol. The van der Waals surface area contributed by atoms with Crippen LogP contribution in [0.5, 0.6) is 5.75 Å². The zero-order valence-electron chi connectivity index (χ0n) is 10.8. The van der Waals surface area contributed by atoms with Gasteiger partial charge in [-0.15, -0.1) is 11.3 Å². The van der Waals surface area contributed by atoms with Crippen LogP contribution in [0.3, 0.4) is 0 Å². The Hall–Kier alpha value is -1.39. The monoisotopic (exact) mass is 263 g/mol. The van der Waals surface area contributed by atoms with E-state index in [0.717, 1.165) is 22.0 Å². The van der Waals surface area contributed by atoms with E-state index in [-0.39, 0.29) is 0 Å². The van der Waals surface area contributed by atoms with Crippen LogP contribution in [-0.2, 0) is 12.0 Å². The molecule has 1 N–H and O–H groups in total. The van der Waals surface area contributed by atoms with Crippen molar-refractivity contribution < 1.29 is 9.84 Å². The second-order valence-corrected chi connectivity index (χ2v) is 5.50. The average Bonchev–Trinajstić information content (AvgIpc) is 2.74. The summed E-state index contributed by atoms with van der Waals surface area (Å²) in [5.41, 5.74) is 0.966. The molecule has 0 amide bonds. The average molecular weight is 263 g/mol. The Balaban J connectivity index is 2.18. The number of benzene rings is 1. The summed E-state index contributed by atoms with van der Waals surface area (Å²) in [5.74, 6) is 0.791. The number of aromatic nitrogens is 1. The van der Waals surface area contributed by atoms with Gasteiger partial charge in [-0.2, -0.15) is 0 Å². The molecule has 18 heavy (non-hydrogen) atoms. The van der Waals surface area contributed by atoms with E-state index >= 15 is 0 Å². The van der Waals surface area contributed by atoms with Crippen LogP contribution in [-0.4, -0.2) is 17.2 Å². The molecule has 1 aromatic carbocycles. The van der Waals surface area contributed by atoms with Gasteiger partial charge < -0.3 is 9.84 Å². The molecule has 0 radical (unpaired) electrons. The molecule has 1 aromatic heterocycles. The number of ether oxygens (including phenoxy) is 1. The Bertz CT molecular complexity index is 517. The van der Waals surface area contributed by atoms with E-state index in [0.29, 0.717) is 6.42 Å². The third-order valence-electron chi connectivity index (χ3n) is 2.87. The number of hydrogen-bond donors (Lipinski definition) is 1. The maximum Gasteiger partial charge on any atom is 0.118 e. The highest BCUT2D eigenvalue weighted by Gasteiger charge is 2.25. The van der Waals surface area contributed by atoms with E-state index in [9.17, 15) is 5.11 Å². The first-order valence-corrected chi connectivity index (χ1v) is 6.67. The van der Waals surface area contributed by atoms with E-state index in [1.165, 1.54) is 0 Å². The topological polar surface area (TPSA) is 42.4 Å². The van der Waals surface area contributed by atoms with Crippen molar-refractivity contribution in [1.29, 1.82) is 0 Å². The fourth-order valence-corrected chi connectivity index (χ4v) is 2.75. The van der Waals surface area contributed by atoms with Gasteiger partial charge in [-0.3, -0.25) is 0 Å². The van der Waals surface area contributed by atoms with Crippen molar-refractivity contribution in [3.05, 3.63) is 45.9 Å². The summed E-state index contributed by atoms with van der Waals surface area (Å²) >= 11 is 1.58. The van der Waals surface area contributed by atoms with Crippen LogP contribution in [0.25, 0.3) is 0 Å². The summed E-state index contributed by atoms with van der Waals surface area (Å²) in [6, 6.07) is 7.49. The van der Waals surface area contributed by atoms with Gasteiger partial charge in [0, 0.05) is 17.5 Å². The molecule has 1 atom stereocenters. The van der Waals surface area contributed by atoms with Crippen LogP contribution in [0.2, 0.25) is 0 Å². The summed E-state index contributed by atoms with van der Waals surface area (Å²) in [6.45, 7) is 3.77. The fourth-order valence-electron chi connectivity index (χ4n) is 1.83. The highest BCUT2D eigenvalue weighted by Crippen LogP contribution is 2.28. The first kappa shape index (κ1) is 13.1. The maximum atomic E-state index is 10.5. The minimum absolute atomic E-state index is 0.526. The van der Waals surface area contributed by atoms with E-state index in [4.69, 9.17) is 4.74 Å². The van der Waals surface area contributed by atoms with Crippen molar-refractivity contribution in [2.75, 3.05) is 7.11 Å². The Morgan fingerprint density at radius 3 is 2.50 bits per heavy atom. The van der Waals surface area contributed by atoms with Gasteiger partial charge in [0.2, 0.25) is 0 Å². The molecule has 0 spiro atoms. The molecule has 0 saturated heterocycles. The summed E-state index contributed by atoms with van der Waals surface area (Å²) < 4.78 is 5.11. The van der Waals surface area contributed by atoms with Gasteiger partial charge in [-0.25, -0.2) is 4.98 Å². The van der Waals surface area contributed by atoms with Gasteiger partial charge in [0.15, 0.2) is 0 Å². The summed E-state index contributed by atoms with van der Waals surface area (Å²) in [6.07, 6.45) is 0.526. The molecule has 0 aliphatic carbocycles. The summed E-state index contributed by atoms with van der Waals surface area (Å²) in [4.78, 5) is 4.39. The zero-order valence-corrected chi connectivity index (χ0v) is 11.6. The third-order valence-corrected chi connectivity index (χ3v) is 3.84. The number of aryl methyl sites for hydroxylation is 1. The van der Waals surface area contributed by atoms with Crippen LogP contribution in [0, 0.1) is 6.92 Å². The lowest BCUT2D eigenvalue weighted by Crippen LogP contribution is -2.24. The number of nitrogens with zero attached hydrogens (tertiary/aromatic N) is 1. The number of methoxy groups -OCH3 is 1. The fraction of sp³-hybridized carbons (Fsp3) is 0.357. The number of rotatable bonds is 4. The molecule has 96 valence electrons. The molecule has 0 aliphatic rings. The van der Waals surface area contributed by atoms with Gasteiger partial charge in [0.25, 0.3) is 0 Å². The second-order valence-electron chi connectivity index (χ2n) is 4.56. The second kappa shape index (κ2) is 5.08. The smallest absolute Gasteiger partial charge is 0.118 e. The van der Waals surface area contributed by atoms with Crippen LogP contribution < -0.4 is 4.74 Å². The number of thiazole rings is 1. The molecule has 2 aromatic rings. The van der Waals surface area contributed by atoms with Crippen molar-refractivity contribution in [3.8, 4) is 5.75 Å². The molecule has 4 heteroatoms. The van der Waals surface area contributed by atoms with Gasteiger partial charge in [-0.05, 0) is 31.5 Å². The van der Waals surface area contributed by atoms with Gasteiger partial charge in [-0.1, -0.05) is 12.1 Å². The Morgan fingerprint density at radius 2 is 2.00 bits per heavy atom. The summed E-state index contributed by atoms with van der Waals surface area (Å²) in [5, 5.41) is 13.5. The van der Waals surface area contributed by atoms with Crippen molar-refractivity contribution in [1.82, 2.24) is 4.98 Å². The SMILES string of the molecule is COc1ccc(C(C)(O)Cc2nc(C)cs2)cc1. The predicted octanol–water partition coefficient (Wildman–Crippen LogP) is 2.91. The van der Waals surface area contributed by atoms with Gasteiger partial charge in [0.05, 0.1) is 17.7 Å². The molecule has 1 heterocycles. The van der Waals surface area contributed by atoms with E-state index in [2.05, 4.69) is 4.98 Å². The lowest BCUT2D eigenvalue weighted by molar-refractivity contribution is 0.0575.